The van der Waals surface area contributed by atoms with Gasteiger partial charge in [0.15, 0.2) is 0 Å². The predicted molar refractivity (Wildman–Crippen MR) is 97.5 cm³/mol. The number of aromatic nitrogens is 1. The van der Waals surface area contributed by atoms with Crippen molar-refractivity contribution >= 4 is 23.3 Å². The number of anilines is 1. The van der Waals surface area contributed by atoms with Crippen LogP contribution in [0.15, 0.2) is 41.8 Å². The fraction of sp³-hybridized carbons (Fsp3) is 0.353. The van der Waals surface area contributed by atoms with E-state index in [0.717, 1.165) is 11.6 Å². The highest BCUT2D eigenvalue weighted by Crippen LogP contribution is 2.29. The highest BCUT2D eigenvalue weighted by Gasteiger charge is 2.19. The van der Waals surface area contributed by atoms with Gasteiger partial charge in [-0.25, -0.2) is 0 Å². The van der Waals surface area contributed by atoms with Crippen molar-refractivity contribution in [1.82, 2.24) is 4.57 Å². The molecule has 1 N–H and O–H groups in total. The maximum Gasteiger partial charge on any atom is 0.301 e. The van der Waals surface area contributed by atoms with Crippen LogP contribution in [-0.4, -0.2) is 20.6 Å². The molecule has 26 heavy (non-hydrogen) atoms. The highest BCUT2D eigenvalue weighted by atomic mass is 16.6. The third-order valence-electron chi connectivity index (χ3n) is 4.52. The van der Waals surface area contributed by atoms with Gasteiger partial charge in [0.25, 0.3) is 5.69 Å². The molecule has 0 amide bonds. The van der Waals surface area contributed by atoms with Gasteiger partial charge in [-0.05, 0) is 25.0 Å². The summed E-state index contributed by atoms with van der Waals surface area (Å²) in [5, 5.41) is 25.9. The molecule has 2 aromatic rings. The molecule has 0 spiro atoms. The molecular formula is C17H19N5O4. The number of nitrogens with one attached hydrogen (secondary N) is 1. The first-order chi connectivity index (χ1) is 12.5. The first-order valence-corrected chi connectivity index (χ1v) is 8.44. The summed E-state index contributed by atoms with van der Waals surface area (Å²) in [5.41, 5.74) is 2.85. The maximum atomic E-state index is 11.1. The van der Waals surface area contributed by atoms with E-state index in [0.29, 0.717) is 6.04 Å². The van der Waals surface area contributed by atoms with E-state index in [9.17, 15) is 20.2 Å². The second-order valence-electron chi connectivity index (χ2n) is 6.27. The van der Waals surface area contributed by atoms with Crippen LogP contribution in [0.1, 0.15) is 43.7 Å². The molecular weight excluding hydrogens is 338 g/mol. The quantitative estimate of drug-likeness (QED) is 0.471. The van der Waals surface area contributed by atoms with Crippen molar-refractivity contribution in [2.45, 2.75) is 38.1 Å². The van der Waals surface area contributed by atoms with Crippen molar-refractivity contribution in [1.29, 1.82) is 0 Å². The van der Waals surface area contributed by atoms with Gasteiger partial charge in [0.2, 0.25) is 0 Å². The van der Waals surface area contributed by atoms with Gasteiger partial charge in [-0.15, -0.1) is 0 Å². The minimum Gasteiger partial charge on any atom is -0.351 e. The van der Waals surface area contributed by atoms with Gasteiger partial charge in [0, 0.05) is 30.1 Å². The average molecular weight is 357 g/mol. The van der Waals surface area contributed by atoms with Crippen molar-refractivity contribution in [3.05, 3.63) is 62.5 Å². The Morgan fingerprint density at radius 1 is 1.12 bits per heavy atom. The molecule has 1 fully saturated rings. The van der Waals surface area contributed by atoms with E-state index in [1.54, 1.807) is 6.21 Å². The third kappa shape index (κ3) is 4.05. The zero-order chi connectivity index (χ0) is 18.5. The summed E-state index contributed by atoms with van der Waals surface area (Å²) in [4.78, 5) is 20.5. The fourth-order valence-electron chi connectivity index (χ4n) is 3.17. The largest absolute Gasteiger partial charge is 0.351 e. The van der Waals surface area contributed by atoms with Gasteiger partial charge < -0.3 is 4.57 Å². The minimum atomic E-state index is -0.676. The Kier molecular flexibility index (Phi) is 5.26. The lowest BCUT2D eigenvalue weighted by atomic mass is 9.95. The zero-order valence-corrected chi connectivity index (χ0v) is 14.1. The van der Waals surface area contributed by atoms with E-state index >= 15 is 0 Å². The van der Waals surface area contributed by atoms with Crippen LogP contribution >= 0.6 is 0 Å². The number of rotatable bonds is 6. The Morgan fingerprint density at radius 2 is 1.88 bits per heavy atom. The molecule has 1 saturated carbocycles. The number of nitrogens with zero attached hydrogens (tertiary/aromatic N) is 4. The van der Waals surface area contributed by atoms with Crippen LogP contribution in [0, 0.1) is 20.2 Å². The summed E-state index contributed by atoms with van der Waals surface area (Å²) in [6.45, 7) is 0. The summed E-state index contributed by atoms with van der Waals surface area (Å²) in [6, 6.07) is 5.85. The molecule has 1 aliphatic carbocycles. The lowest BCUT2D eigenvalue weighted by Crippen LogP contribution is -2.10. The smallest absolute Gasteiger partial charge is 0.301 e. The second kappa shape index (κ2) is 7.77. The minimum absolute atomic E-state index is 0.101. The van der Waals surface area contributed by atoms with E-state index in [1.165, 1.54) is 44.2 Å². The normalized spacial score (nSPS) is 15.2. The van der Waals surface area contributed by atoms with E-state index in [-0.39, 0.29) is 11.4 Å². The Labute approximate surface area is 149 Å². The Morgan fingerprint density at radius 3 is 2.58 bits per heavy atom. The Bertz CT molecular complexity index is 839. The summed E-state index contributed by atoms with van der Waals surface area (Å²) in [6.07, 6.45) is 11.7. The van der Waals surface area contributed by atoms with Gasteiger partial charge >= 0.3 is 5.69 Å². The van der Waals surface area contributed by atoms with Crippen molar-refractivity contribution in [2.24, 2.45) is 5.10 Å². The zero-order valence-electron chi connectivity index (χ0n) is 14.1. The van der Waals surface area contributed by atoms with Crippen molar-refractivity contribution < 1.29 is 9.85 Å². The first kappa shape index (κ1) is 17.6. The molecule has 1 aromatic carbocycles. The molecule has 9 heteroatoms. The summed E-state index contributed by atoms with van der Waals surface area (Å²) < 4.78 is 2.19. The molecule has 1 aromatic heterocycles. The molecule has 0 radical (unpaired) electrons. The SMILES string of the molecule is O=[N+]([O-])c1ccc(N/N=C\c2ccn(C3CCCCC3)c2)c([N+](=O)[O-])c1. The molecule has 1 heterocycles. The summed E-state index contributed by atoms with van der Waals surface area (Å²) >= 11 is 0. The van der Waals surface area contributed by atoms with E-state index in [2.05, 4.69) is 15.1 Å². The van der Waals surface area contributed by atoms with Crippen LogP contribution in [0.2, 0.25) is 0 Å². The number of hydrogen-bond acceptors (Lipinski definition) is 6. The van der Waals surface area contributed by atoms with Crippen molar-refractivity contribution in [3.8, 4) is 0 Å². The Balaban J connectivity index is 1.69. The number of hydrogen-bond donors (Lipinski definition) is 1. The van der Waals surface area contributed by atoms with Crippen LogP contribution in [0.4, 0.5) is 17.1 Å². The van der Waals surface area contributed by atoms with Crippen LogP contribution in [-0.2, 0) is 0 Å². The number of benzene rings is 1. The molecule has 0 unspecified atom stereocenters. The number of non-ortho nitro benzene ring substituents is 1. The van der Waals surface area contributed by atoms with E-state index in [1.807, 2.05) is 18.5 Å². The first-order valence-electron chi connectivity index (χ1n) is 8.44. The highest BCUT2D eigenvalue weighted by molar-refractivity contribution is 5.80. The van der Waals surface area contributed by atoms with E-state index < -0.39 is 15.5 Å². The molecule has 9 nitrogen and oxygen atoms in total. The second-order valence-corrected chi connectivity index (χ2v) is 6.27. The molecule has 0 bridgehead atoms. The van der Waals surface area contributed by atoms with E-state index in [4.69, 9.17) is 0 Å². The standard InChI is InChI=1S/C17H19N5O4/c23-21(24)15-6-7-16(17(10-15)22(25)26)19-18-11-13-8-9-20(12-13)14-4-2-1-3-5-14/h6-12,14,19H,1-5H2/b18-11-. The molecule has 1 aliphatic rings. The molecule has 3 rings (SSSR count). The fourth-order valence-corrected chi connectivity index (χ4v) is 3.17. The number of nitro benzene ring substituents is 2. The lowest BCUT2D eigenvalue weighted by Gasteiger charge is -2.23. The topological polar surface area (TPSA) is 116 Å². The van der Waals surface area contributed by atoms with Crippen molar-refractivity contribution in [2.75, 3.05) is 5.43 Å². The lowest BCUT2D eigenvalue weighted by molar-refractivity contribution is -0.393. The van der Waals surface area contributed by atoms with Gasteiger partial charge in [-0.2, -0.15) is 5.10 Å². The van der Waals surface area contributed by atoms with Crippen LogP contribution in [0.5, 0.6) is 0 Å². The number of nitro groups is 2. The van der Waals surface area contributed by atoms with Crippen LogP contribution in [0.3, 0.4) is 0 Å². The maximum absolute atomic E-state index is 11.1. The van der Waals surface area contributed by atoms with Crippen LogP contribution < -0.4 is 5.43 Å². The number of hydrazone groups is 1. The van der Waals surface area contributed by atoms with Gasteiger partial charge in [0.05, 0.1) is 22.1 Å². The molecule has 0 saturated heterocycles. The summed E-state index contributed by atoms with van der Waals surface area (Å²) in [7, 11) is 0. The molecule has 0 atom stereocenters. The predicted octanol–water partition coefficient (Wildman–Crippen LogP) is 4.26. The van der Waals surface area contributed by atoms with Crippen molar-refractivity contribution in [3.63, 3.8) is 0 Å². The van der Waals surface area contributed by atoms with Crippen LogP contribution in [0.25, 0.3) is 0 Å². The monoisotopic (exact) mass is 357 g/mol. The molecule has 0 aliphatic heterocycles. The molecule has 136 valence electrons. The third-order valence-corrected chi connectivity index (χ3v) is 4.52. The van der Waals surface area contributed by atoms with Gasteiger partial charge in [-0.1, -0.05) is 19.3 Å². The average Bonchev–Trinajstić information content (AvgIpc) is 3.11. The Hall–Kier alpha value is -3.23. The van der Waals surface area contributed by atoms with Gasteiger partial charge in [-0.3, -0.25) is 25.7 Å². The van der Waals surface area contributed by atoms with Gasteiger partial charge in [0.1, 0.15) is 5.69 Å². The summed E-state index contributed by atoms with van der Waals surface area (Å²) in [5.74, 6) is 0.